The lowest BCUT2D eigenvalue weighted by Crippen LogP contribution is -2.32. The van der Waals surface area contributed by atoms with E-state index in [2.05, 4.69) is 32.3 Å². The Balaban J connectivity index is 3.18. The third-order valence-electron chi connectivity index (χ3n) is 2.99. The summed E-state index contributed by atoms with van der Waals surface area (Å²) in [4.78, 5) is 0. The minimum Gasteiger partial charge on any atom is -0.314 e. The second-order valence-corrected chi connectivity index (χ2v) is 5.17. The largest absolute Gasteiger partial charge is 0.314 e. The molecule has 0 aromatic rings. The first-order valence-electron chi connectivity index (χ1n) is 5.94. The van der Waals surface area contributed by atoms with Crippen LogP contribution in [0.2, 0.25) is 0 Å². The topological polar surface area (TPSA) is 12.0 Å². The van der Waals surface area contributed by atoms with Gasteiger partial charge in [-0.1, -0.05) is 26.7 Å². The van der Waals surface area contributed by atoms with E-state index in [0.29, 0.717) is 6.04 Å². The van der Waals surface area contributed by atoms with E-state index in [4.69, 9.17) is 0 Å². The van der Waals surface area contributed by atoms with Crippen LogP contribution < -0.4 is 5.32 Å². The Morgan fingerprint density at radius 3 is 2.43 bits per heavy atom. The fourth-order valence-electron chi connectivity index (χ4n) is 1.43. The molecule has 86 valence electrons. The van der Waals surface area contributed by atoms with Gasteiger partial charge in [0.1, 0.15) is 0 Å². The molecule has 0 spiro atoms. The van der Waals surface area contributed by atoms with Crippen molar-refractivity contribution in [2.24, 2.45) is 5.92 Å². The normalized spacial score (nSPS) is 15.4. The maximum absolute atomic E-state index is 3.60. The van der Waals surface area contributed by atoms with Crippen LogP contribution >= 0.6 is 11.8 Å². The van der Waals surface area contributed by atoms with Crippen molar-refractivity contribution in [3.8, 4) is 0 Å². The Labute approximate surface area is 94.4 Å². The van der Waals surface area contributed by atoms with Crippen LogP contribution in [-0.4, -0.2) is 24.6 Å². The molecule has 0 saturated heterocycles. The van der Waals surface area contributed by atoms with E-state index < -0.39 is 0 Å². The lowest BCUT2D eigenvalue weighted by atomic mass is 10.0. The predicted octanol–water partition coefficient (Wildman–Crippen LogP) is 3.54. The molecule has 1 nitrogen and oxygen atoms in total. The zero-order valence-electron chi connectivity index (χ0n) is 10.3. The van der Waals surface area contributed by atoms with Crippen LogP contribution in [0.25, 0.3) is 0 Å². The zero-order chi connectivity index (χ0) is 10.8. The molecule has 14 heavy (non-hydrogen) atoms. The smallest absolute Gasteiger partial charge is 0.00642 e. The third-order valence-corrected chi connectivity index (χ3v) is 3.69. The van der Waals surface area contributed by atoms with Crippen LogP contribution in [0, 0.1) is 5.92 Å². The minimum absolute atomic E-state index is 0.681. The van der Waals surface area contributed by atoms with Gasteiger partial charge in [-0.2, -0.15) is 11.8 Å². The summed E-state index contributed by atoms with van der Waals surface area (Å²) < 4.78 is 0. The highest BCUT2D eigenvalue weighted by atomic mass is 32.2. The van der Waals surface area contributed by atoms with Gasteiger partial charge in [0.15, 0.2) is 0 Å². The van der Waals surface area contributed by atoms with Crippen LogP contribution in [0.1, 0.15) is 46.5 Å². The summed E-state index contributed by atoms with van der Waals surface area (Å²) in [7, 11) is 0. The molecule has 1 N–H and O–H groups in total. The summed E-state index contributed by atoms with van der Waals surface area (Å²) in [5.74, 6) is 2.13. The summed E-state index contributed by atoms with van der Waals surface area (Å²) in [5, 5.41) is 3.60. The van der Waals surface area contributed by atoms with Crippen molar-refractivity contribution in [1.29, 1.82) is 0 Å². The second kappa shape index (κ2) is 9.85. The molecular weight excluding hydrogens is 190 g/mol. The van der Waals surface area contributed by atoms with Crippen molar-refractivity contribution in [3.63, 3.8) is 0 Å². The average molecular weight is 217 g/mol. The van der Waals surface area contributed by atoms with Crippen molar-refractivity contribution in [3.05, 3.63) is 0 Å². The highest BCUT2D eigenvalue weighted by Crippen LogP contribution is 2.07. The van der Waals surface area contributed by atoms with Crippen LogP contribution in [0.15, 0.2) is 0 Å². The minimum atomic E-state index is 0.681. The molecule has 0 radical (unpaired) electrons. The molecule has 0 rings (SSSR count). The maximum Gasteiger partial charge on any atom is 0.00642 e. The standard InChI is InChI=1S/C12H27NS/c1-5-11(2)12(3)13-9-7-6-8-10-14-4/h11-13H,5-10H2,1-4H3. The number of rotatable bonds is 9. The summed E-state index contributed by atoms with van der Waals surface area (Å²) in [6.07, 6.45) is 7.55. The van der Waals surface area contributed by atoms with Crippen molar-refractivity contribution >= 4 is 11.8 Å². The molecule has 0 saturated carbocycles. The van der Waals surface area contributed by atoms with E-state index in [1.54, 1.807) is 0 Å². The number of hydrogen-bond acceptors (Lipinski definition) is 2. The Morgan fingerprint density at radius 2 is 1.86 bits per heavy atom. The molecule has 0 aliphatic heterocycles. The molecule has 0 aromatic carbocycles. The van der Waals surface area contributed by atoms with Gasteiger partial charge in [0, 0.05) is 6.04 Å². The first-order valence-corrected chi connectivity index (χ1v) is 7.34. The van der Waals surface area contributed by atoms with E-state index in [0.717, 1.165) is 5.92 Å². The first-order chi connectivity index (χ1) is 6.72. The summed E-state index contributed by atoms with van der Waals surface area (Å²) in [5.41, 5.74) is 0. The Morgan fingerprint density at radius 1 is 1.14 bits per heavy atom. The van der Waals surface area contributed by atoms with Crippen molar-refractivity contribution < 1.29 is 0 Å². The number of thioether (sulfide) groups is 1. The zero-order valence-corrected chi connectivity index (χ0v) is 11.1. The van der Waals surface area contributed by atoms with Gasteiger partial charge in [-0.15, -0.1) is 0 Å². The highest BCUT2D eigenvalue weighted by molar-refractivity contribution is 7.98. The van der Waals surface area contributed by atoms with E-state index in [1.807, 2.05) is 11.8 Å². The van der Waals surface area contributed by atoms with Gasteiger partial charge in [0.05, 0.1) is 0 Å². The van der Waals surface area contributed by atoms with Crippen LogP contribution in [0.5, 0.6) is 0 Å². The molecule has 0 aromatic heterocycles. The lowest BCUT2D eigenvalue weighted by Gasteiger charge is -2.19. The van der Waals surface area contributed by atoms with Crippen molar-refractivity contribution in [2.75, 3.05) is 18.6 Å². The number of hydrogen-bond donors (Lipinski definition) is 1. The van der Waals surface area contributed by atoms with E-state index in [-0.39, 0.29) is 0 Å². The molecular formula is C12H27NS. The monoisotopic (exact) mass is 217 g/mol. The third kappa shape index (κ3) is 7.69. The van der Waals surface area contributed by atoms with Crippen molar-refractivity contribution in [1.82, 2.24) is 5.32 Å². The SMILES string of the molecule is CCC(C)C(C)NCCCCCSC. The maximum atomic E-state index is 3.60. The Kier molecular flexibility index (Phi) is 10.1. The number of unbranched alkanes of at least 4 members (excludes halogenated alkanes) is 2. The average Bonchev–Trinajstić information content (AvgIpc) is 2.21. The Bertz CT molecular complexity index is 117. The number of nitrogens with one attached hydrogen (secondary N) is 1. The van der Waals surface area contributed by atoms with Gasteiger partial charge < -0.3 is 5.32 Å². The van der Waals surface area contributed by atoms with Crippen molar-refractivity contribution in [2.45, 2.75) is 52.5 Å². The molecule has 2 heteroatoms. The fourth-order valence-corrected chi connectivity index (χ4v) is 1.93. The molecule has 0 bridgehead atoms. The highest BCUT2D eigenvalue weighted by Gasteiger charge is 2.07. The summed E-state index contributed by atoms with van der Waals surface area (Å²) in [6.45, 7) is 8.09. The van der Waals surface area contributed by atoms with Gasteiger partial charge in [-0.05, 0) is 44.2 Å². The van der Waals surface area contributed by atoms with Gasteiger partial charge in [-0.3, -0.25) is 0 Å². The van der Waals surface area contributed by atoms with Crippen LogP contribution in [0.4, 0.5) is 0 Å². The predicted molar refractivity (Wildman–Crippen MR) is 69.2 cm³/mol. The van der Waals surface area contributed by atoms with E-state index in [9.17, 15) is 0 Å². The molecule has 0 aliphatic rings. The lowest BCUT2D eigenvalue weighted by molar-refractivity contribution is 0.387. The first kappa shape index (κ1) is 14.3. The van der Waals surface area contributed by atoms with Gasteiger partial charge in [0.25, 0.3) is 0 Å². The molecule has 0 amide bonds. The van der Waals surface area contributed by atoms with Crippen LogP contribution in [-0.2, 0) is 0 Å². The van der Waals surface area contributed by atoms with E-state index >= 15 is 0 Å². The summed E-state index contributed by atoms with van der Waals surface area (Å²) >= 11 is 1.95. The van der Waals surface area contributed by atoms with Gasteiger partial charge in [0.2, 0.25) is 0 Å². The van der Waals surface area contributed by atoms with E-state index in [1.165, 1.54) is 38.0 Å². The molecule has 0 heterocycles. The Hall–Kier alpha value is 0.310. The quantitative estimate of drug-likeness (QED) is 0.593. The second-order valence-electron chi connectivity index (χ2n) is 4.18. The van der Waals surface area contributed by atoms with Gasteiger partial charge in [-0.25, -0.2) is 0 Å². The van der Waals surface area contributed by atoms with Crippen LogP contribution in [0.3, 0.4) is 0 Å². The fraction of sp³-hybridized carbons (Fsp3) is 1.00. The molecule has 2 atom stereocenters. The molecule has 0 aliphatic carbocycles. The van der Waals surface area contributed by atoms with Gasteiger partial charge >= 0.3 is 0 Å². The molecule has 2 unspecified atom stereocenters. The summed E-state index contributed by atoms with van der Waals surface area (Å²) in [6, 6.07) is 0.681. The molecule has 0 fully saturated rings.